The molecule has 0 unspecified atom stereocenters. The Morgan fingerprint density at radius 3 is 2.43 bits per heavy atom. The van der Waals surface area contributed by atoms with Crippen LogP contribution in [0.25, 0.3) is 22.0 Å². The highest BCUT2D eigenvalue weighted by atomic mass is 32.2. The van der Waals surface area contributed by atoms with Crippen molar-refractivity contribution in [3.05, 3.63) is 84.2 Å². The molecule has 15 heteroatoms. The van der Waals surface area contributed by atoms with Gasteiger partial charge in [-0.15, -0.1) is 0 Å². The van der Waals surface area contributed by atoms with Gasteiger partial charge in [0.15, 0.2) is 11.6 Å². The average Bonchev–Trinajstić information content (AvgIpc) is 3.85. The molecule has 5 aromatic rings. The molecule has 0 radical (unpaired) electrons. The van der Waals surface area contributed by atoms with E-state index in [1.807, 2.05) is 0 Å². The zero-order valence-electron chi connectivity index (χ0n) is 24.2. The predicted molar refractivity (Wildman–Crippen MR) is 162 cm³/mol. The number of fused-ring (bicyclic) bond motifs is 1. The Morgan fingerprint density at radius 1 is 0.935 bits per heavy atom. The normalized spacial score (nSPS) is 13.0. The van der Waals surface area contributed by atoms with Gasteiger partial charge in [0, 0.05) is 41.6 Å². The average molecular weight is 650 g/mol. The number of carboxylic acid groups (broad SMARTS) is 1. The fraction of sp³-hybridized carbons (Fsp3) is 0.161. The van der Waals surface area contributed by atoms with E-state index in [4.69, 9.17) is 14.2 Å². The Hall–Kier alpha value is -5.41. The van der Waals surface area contributed by atoms with Gasteiger partial charge in [0.05, 0.1) is 36.6 Å². The largest absolute Gasteiger partial charge is 0.480 e. The van der Waals surface area contributed by atoms with Crippen molar-refractivity contribution >= 4 is 38.3 Å². The van der Waals surface area contributed by atoms with Crippen LogP contribution in [0, 0.1) is 11.6 Å². The number of nitrogens with one attached hydrogen (secondary N) is 2. The molecular formula is C31H25F2N5O7S. The van der Waals surface area contributed by atoms with E-state index >= 15 is 0 Å². The first-order valence-electron chi connectivity index (χ1n) is 13.7. The number of carbonyl (C=O) groups is 1. The molecule has 3 aromatic carbocycles. The van der Waals surface area contributed by atoms with Gasteiger partial charge in [-0.2, -0.15) is 4.98 Å². The van der Waals surface area contributed by atoms with Gasteiger partial charge in [-0.3, -0.25) is 4.98 Å². The van der Waals surface area contributed by atoms with E-state index in [-0.39, 0.29) is 51.3 Å². The topological polar surface area (TPSA) is 162 Å². The molecular weight excluding hydrogens is 624 g/mol. The summed E-state index contributed by atoms with van der Waals surface area (Å²) >= 11 is 0. The highest BCUT2D eigenvalue weighted by molar-refractivity contribution is 7.89. The second kappa shape index (κ2) is 12.2. The summed E-state index contributed by atoms with van der Waals surface area (Å²) in [7, 11) is -1.19. The van der Waals surface area contributed by atoms with Crippen molar-refractivity contribution in [3.63, 3.8) is 0 Å². The van der Waals surface area contributed by atoms with E-state index in [1.54, 1.807) is 18.2 Å². The number of rotatable bonds is 11. The molecule has 6 rings (SSSR count). The molecule has 1 fully saturated rings. The molecule has 0 spiro atoms. The summed E-state index contributed by atoms with van der Waals surface area (Å²) in [5.41, 5.74) is 1.58. The van der Waals surface area contributed by atoms with Crippen molar-refractivity contribution in [1.29, 1.82) is 0 Å². The Morgan fingerprint density at radius 2 is 1.74 bits per heavy atom. The Balaban J connectivity index is 1.46. The third-order valence-corrected chi connectivity index (χ3v) is 8.52. The van der Waals surface area contributed by atoms with E-state index in [0.717, 1.165) is 12.1 Å². The number of aromatic carboxylic acids is 1. The van der Waals surface area contributed by atoms with Crippen molar-refractivity contribution < 1.29 is 41.3 Å². The number of carboxylic acids is 1. The number of aromatic nitrogens is 3. The Labute approximate surface area is 261 Å². The summed E-state index contributed by atoms with van der Waals surface area (Å²) in [6, 6.07) is 11.7. The number of nitrogens with zero attached hydrogens (tertiary/aromatic N) is 3. The number of sulfonamides is 1. The van der Waals surface area contributed by atoms with Gasteiger partial charge in [0.1, 0.15) is 16.4 Å². The van der Waals surface area contributed by atoms with Crippen LogP contribution in [0.1, 0.15) is 23.2 Å². The third-order valence-electron chi connectivity index (χ3n) is 6.99. The first-order chi connectivity index (χ1) is 22.0. The van der Waals surface area contributed by atoms with Crippen LogP contribution in [0.4, 0.5) is 20.2 Å². The van der Waals surface area contributed by atoms with Crippen LogP contribution in [0.3, 0.4) is 0 Å². The SMILES string of the molecule is COc1ncc(-c2ccc3c(Nc4cc(Oc5ccc(F)c(F)c5)cc(C(=O)O)c4)c(S(=O)(=O)NC4CC4)cnc3c2)c(OC)n1. The maximum atomic E-state index is 13.8. The van der Waals surface area contributed by atoms with Gasteiger partial charge >= 0.3 is 12.0 Å². The summed E-state index contributed by atoms with van der Waals surface area (Å²) in [5, 5.41) is 13.2. The molecule has 0 atom stereocenters. The second-order valence-corrected chi connectivity index (χ2v) is 11.9. The van der Waals surface area contributed by atoms with E-state index < -0.39 is 27.6 Å². The molecule has 12 nitrogen and oxygen atoms in total. The van der Waals surface area contributed by atoms with Crippen molar-refractivity contribution in [2.75, 3.05) is 19.5 Å². The lowest BCUT2D eigenvalue weighted by Gasteiger charge is -2.17. The molecule has 0 aliphatic heterocycles. The molecule has 0 saturated heterocycles. The molecule has 1 aliphatic rings. The molecule has 236 valence electrons. The highest BCUT2D eigenvalue weighted by Crippen LogP contribution is 2.38. The van der Waals surface area contributed by atoms with Gasteiger partial charge < -0.3 is 24.6 Å². The minimum Gasteiger partial charge on any atom is -0.480 e. The van der Waals surface area contributed by atoms with Crippen molar-refractivity contribution in [1.82, 2.24) is 19.7 Å². The fourth-order valence-electron chi connectivity index (χ4n) is 4.64. The van der Waals surface area contributed by atoms with Crippen LogP contribution in [0.2, 0.25) is 0 Å². The van der Waals surface area contributed by atoms with Gasteiger partial charge in [-0.25, -0.2) is 31.7 Å². The van der Waals surface area contributed by atoms with E-state index in [9.17, 15) is 27.1 Å². The Kier molecular flexibility index (Phi) is 8.10. The van der Waals surface area contributed by atoms with Crippen LogP contribution in [0.5, 0.6) is 23.4 Å². The number of hydrogen-bond acceptors (Lipinski definition) is 10. The quantitative estimate of drug-likeness (QED) is 0.162. The lowest BCUT2D eigenvalue weighted by molar-refractivity contribution is 0.0696. The number of halogens is 2. The molecule has 0 bridgehead atoms. The van der Waals surface area contributed by atoms with E-state index in [1.165, 1.54) is 50.9 Å². The van der Waals surface area contributed by atoms with Crippen LogP contribution in [0.15, 0.2) is 71.9 Å². The molecule has 1 aliphatic carbocycles. The number of hydrogen-bond donors (Lipinski definition) is 3. The summed E-state index contributed by atoms with van der Waals surface area (Å²) in [6.07, 6.45) is 4.13. The van der Waals surface area contributed by atoms with Gasteiger partial charge in [-0.1, -0.05) is 12.1 Å². The van der Waals surface area contributed by atoms with Crippen LogP contribution < -0.4 is 24.2 Å². The van der Waals surface area contributed by atoms with Crippen molar-refractivity contribution in [2.45, 2.75) is 23.8 Å². The molecule has 46 heavy (non-hydrogen) atoms. The van der Waals surface area contributed by atoms with Crippen LogP contribution in [-0.2, 0) is 10.0 Å². The zero-order chi connectivity index (χ0) is 32.6. The van der Waals surface area contributed by atoms with Gasteiger partial charge in [0.25, 0.3) is 0 Å². The van der Waals surface area contributed by atoms with Crippen LogP contribution >= 0.6 is 0 Å². The second-order valence-electron chi connectivity index (χ2n) is 10.3. The van der Waals surface area contributed by atoms with E-state index in [2.05, 4.69) is 25.0 Å². The molecule has 2 aromatic heterocycles. The predicted octanol–water partition coefficient (Wildman–Crippen LogP) is 5.66. The van der Waals surface area contributed by atoms with Crippen molar-refractivity contribution in [2.24, 2.45) is 0 Å². The summed E-state index contributed by atoms with van der Waals surface area (Å²) in [6.45, 7) is 0. The number of anilines is 2. The first kappa shape index (κ1) is 30.6. The standard InChI is InChI=1S/C31H25F2N5O7S/c1-43-29-23(14-35-31(37-29)44-2)16-3-7-22-26(11-16)34-15-27(46(41,42)38-18-4-5-18)28(22)36-19-9-17(30(39)40)10-21(12-19)45-20-6-8-24(32)25(33)13-20/h3,6-15,18,38H,4-5H2,1-2H3,(H,34,36)(H,39,40). The third kappa shape index (κ3) is 6.36. The van der Waals surface area contributed by atoms with Crippen molar-refractivity contribution in [3.8, 4) is 34.5 Å². The summed E-state index contributed by atoms with van der Waals surface area (Å²) in [5.74, 6) is -3.39. The number of ether oxygens (including phenoxy) is 3. The molecule has 1 saturated carbocycles. The maximum absolute atomic E-state index is 13.8. The van der Waals surface area contributed by atoms with Crippen LogP contribution in [-0.4, -0.2) is 54.7 Å². The highest BCUT2D eigenvalue weighted by Gasteiger charge is 2.31. The zero-order valence-corrected chi connectivity index (χ0v) is 25.1. The lowest BCUT2D eigenvalue weighted by Crippen LogP contribution is -2.26. The number of methoxy groups -OCH3 is 2. The first-order valence-corrected chi connectivity index (χ1v) is 15.2. The fourth-order valence-corrected chi connectivity index (χ4v) is 6.06. The Bertz CT molecular complexity index is 2110. The number of benzene rings is 3. The maximum Gasteiger partial charge on any atom is 0.335 e. The molecule has 3 N–H and O–H groups in total. The van der Waals surface area contributed by atoms with Gasteiger partial charge in [-0.05, 0) is 48.7 Å². The minimum absolute atomic E-state index is 0.0267. The van der Waals surface area contributed by atoms with Gasteiger partial charge in [0.2, 0.25) is 15.9 Å². The minimum atomic E-state index is -4.07. The lowest BCUT2D eigenvalue weighted by atomic mass is 10.0. The monoisotopic (exact) mass is 649 g/mol. The molecule has 2 heterocycles. The van der Waals surface area contributed by atoms with E-state index in [0.29, 0.717) is 34.9 Å². The number of pyridine rings is 1. The summed E-state index contributed by atoms with van der Waals surface area (Å²) < 4.78 is 73.0. The smallest absolute Gasteiger partial charge is 0.335 e. The summed E-state index contributed by atoms with van der Waals surface area (Å²) in [4.78, 5) is 24.6. The molecule has 0 amide bonds.